The zero-order chi connectivity index (χ0) is 28.7. The summed E-state index contributed by atoms with van der Waals surface area (Å²) in [7, 11) is 0. The van der Waals surface area contributed by atoms with Gasteiger partial charge in [0.25, 0.3) is 0 Å². The number of esters is 1. The number of hydrogen-bond acceptors (Lipinski definition) is 7. The topological polar surface area (TPSA) is 83.5 Å². The number of ether oxygens (including phenoxy) is 5. The van der Waals surface area contributed by atoms with E-state index in [0.717, 1.165) is 90.4 Å². The number of aliphatic hydroxyl groups excluding tert-OH is 1. The number of carbonyl (C=O) groups excluding carboxylic acids is 1. The van der Waals surface area contributed by atoms with E-state index in [1.54, 1.807) is 0 Å². The van der Waals surface area contributed by atoms with Gasteiger partial charge in [-0.2, -0.15) is 0 Å². The van der Waals surface area contributed by atoms with Crippen LogP contribution >= 0.6 is 0 Å². The maximum atomic E-state index is 11.0. The second-order valence-electron chi connectivity index (χ2n) is 12.6. The summed E-state index contributed by atoms with van der Waals surface area (Å²) in [4.78, 5) is 11.0. The Labute approximate surface area is 248 Å². The summed E-state index contributed by atoms with van der Waals surface area (Å²) in [5, 5.41) is 10.2. The number of hydrogen-bond donors (Lipinski definition) is 1. The van der Waals surface area contributed by atoms with Crippen LogP contribution < -0.4 is 0 Å². The van der Waals surface area contributed by atoms with E-state index < -0.39 is 0 Å². The number of rotatable bonds is 18. The Hall–Kier alpha value is -1.25. The zero-order valence-corrected chi connectivity index (χ0v) is 25.5. The minimum Gasteiger partial charge on any atom is -0.466 e. The van der Waals surface area contributed by atoms with Gasteiger partial charge in [-0.25, -0.2) is 0 Å². The Morgan fingerprint density at radius 2 is 1.76 bits per heavy atom. The third-order valence-electron chi connectivity index (χ3n) is 9.38. The van der Waals surface area contributed by atoms with Gasteiger partial charge in [-0.05, 0) is 102 Å². The first-order chi connectivity index (χ1) is 20.1. The van der Waals surface area contributed by atoms with Crippen LogP contribution in [-0.4, -0.2) is 62.8 Å². The van der Waals surface area contributed by atoms with Crippen LogP contribution in [0.1, 0.15) is 110 Å². The summed E-state index contributed by atoms with van der Waals surface area (Å²) in [6, 6.07) is 0. The molecule has 0 spiro atoms. The van der Waals surface area contributed by atoms with Gasteiger partial charge in [0.05, 0.1) is 12.7 Å². The van der Waals surface area contributed by atoms with Crippen LogP contribution in [0.4, 0.5) is 0 Å². The molecule has 7 nitrogen and oxygen atoms in total. The van der Waals surface area contributed by atoms with E-state index in [0.29, 0.717) is 24.4 Å². The minimum atomic E-state index is -0.223. The molecule has 4 rings (SSSR count). The molecule has 7 heteroatoms. The standard InChI is InChI=1S/C34H56O7/c1-26(36)37-18-11-7-14-27(25-35)28-22-29-24-32(41-34-17-9-13-21-40-34)30(31(29)23-28)15-6-4-2-3-5-10-19-38-33-16-8-12-20-39-33/h6,15,23,27,29-35H,2-5,7-14,16-22,24-25H2,1H3/t27?,29?,30-,31?,32-,33?,34?/m0/s1. The van der Waals surface area contributed by atoms with Gasteiger partial charge in [-0.3, -0.25) is 4.79 Å². The Balaban J connectivity index is 1.23. The second kappa shape index (κ2) is 18.4. The molecule has 0 radical (unpaired) electrons. The molecule has 2 aliphatic carbocycles. The average molecular weight is 577 g/mol. The smallest absolute Gasteiger partial charge is 0.302 e. The summed E-state index contributed by atoms with van der Waals surface area (Å²) in [6.45, 7) is 4.57. The molecule has 1 saturated carbocycles. The molecule has 0 bridgehead atoms. The van der Waals surface area contributed by atoms with Crippen molar-refractivity contribution in [1.82, 2.24) is 0 Å². The van der Waals surface area contributed by atoms with E-state index in [9.17, 15) is 9.90 Å². The van der Waals surface area contributed by atoms with E-state index in [-0.39, 0.29) is 37.2 Å². The second-order valence-corrected chi connectivity index (χ2v) is 12.6. The molecule has 0 aromatic carbocycles. The first kappa shape index (κ1) is 32.7. The van der Waals surface area contributed by atoms with E-state index in [1.807, 2.05) is 0 Å². The number of unbranched alkanes of at least 4 members (excludes halogenated alkanes) is 5. The van der Waals surface area contributed by atoms with Crippen molar-refractivity contribution < 1.29 is 33.6 Å². The lowest BCUT2D eigenvalue weighted by Gasteiger charge is -2.29. The molecule has 234 valence electrons. The fourth-order valence-corrected chi connectivity index (χ4v) is 7.11. The predicted molar refractivity (Wildman–Crippen MR) is 159 cm³/mol. The molecule has 4 aliphatic rings. The van der Waals surface area contributed by atoms with Gasteiger partial charge in [-0.1, -0.05) is 36.6 Å². The van der Waals surface area contributed by atoms with Gasteiger partial charge in [0.2, 0.25) is 0 Å². The summed E-state index contributed by atoms with van der Waals surface area (Å²) in [5.74, 6) is 1.41. The molecular formula is C34H56O7. The largest absolute Gasteiger partial charge is 0.466 e. The maximum absolute atomic E-state index is 11.0. The molecule has 41 heavy (non-hydrogen) atoms. The van der Waals surface area contributed by atoms with Gasteiger partial charge < -0.3 is 28.8 Å². The molecule has 2 heterocycles. The molecule has 2 aliphatic heterocycles. The normalized spacial score (nSPS) is 30.8. The Morgan fingerprint density at radius 3 is 2.49 bits per heavy atom. The van der Waals surface area contributed by atoms with Crippen LogP contribution in [0, 0.1) is 23.7 Å². The third kappa shape index (κ3) is 11.1. The lowest BCUT2D eigenvalue weighted by Crippen LogP contribution is -2.30. The van der Waals surface area contributed by atoms with Crippen molar-refractivity contribution in [3.8, 4) is 0 Å². The molecule has 1 N–H and O–H groups in total. The quantitative estimate of drug-likeness (QED) is 0.108. The van der Waals surface area contributed by atoms with E-state index in [4.69, 9.17) is 23.7 Å². The van der Waals surface area contributed by atoms with Gasteiger partial charge in [0.15, 0.2) is 12.6 Å². The molecule has 3 fully saturated rings. The van der Waals surface area contributed by atoms with E-state index in [2.05, 4.69) is 18.2 Å². The molecular weight excluding hydrogens is 520 g/mol. The third-order valence-corrected chi connectivity index (χ3v) is 9.38. The van der Waals surface area contributed by atoms with Gasteiger partial charge >= 0.3 is 5.97 Å². The number of carbonyl (C=O) groups is 1. The van der Waals surface area contributed by atoms with Crippen molar-refractivity contribution in [3.05, 3.63) is 23.8 Å². The predicted octanol–water partition coefficient (Wildman–Crippen LogP) is 6.87. The van der Waals surface area contributed by atoms with Crippen LogP contribution in [0.5, 0.6) is 0 Å². The van der Waals surface area contributed by atoms with Crippen molar-refractivity contribution in [1.29, 1.82) is 0 Å². The number of fused-ring (bicyclic) bond motifs is 1. The monoisotopic (exact) mass is 576 g/mol. The van der Waals surface area contributed by atoms with Gasteiger partial charge in [0, 0.05) is 45.2 Å². The SMILES string of the molecule is CC(=O)OCCCCC(CO)C1=CC2C(C1)C[C@H](OC1CCCCO1)[C@H]2C=CCCCCCCOC1CCCCO1. The molecule has 0 aromatic rings. The fourth-order valence-electron chi connectivity index (χ4n) is 7.11. The molecule has 0 amide bonds. The van der Waals surface area contributed by atoms with Crippen LogP contribution in [0.3, 0.4) is 0 Å². The highest BCUT2D eigenvalue weighted by atomic mass is 16.7. The Bertz CT molecular complexity index is 799. The average Bonchev–Trinajstić information content (AvgIpc) is 3.53. The number of allylic oxidation sites excluding steroid dienone is 2. The van der Waals surface area contributed by atoms with Crippen molar-refractivity contribution >= 4 is 5.97 Å². The van der Waals surface area contributed by atoms with Crippen LogP contribution in [0.2, 0.25) is 0 Å². The van der Waals surface area contributed by atoms with Crippen molar-refractivity contribution in [2.45, 2.75) is 128 Å². The lowest BCUT2D eigenvalue weighted by atomic mass is 9.91. The van der Waals surface area contributed by atoms with Crippen LogP contribution in [0.25, 0.3) is 0 Å². The van der Waals surface area contributed by atoms with Gasteiger partial charge in [0.1, 0.15) is 0 Å². The lowest BCUT2D eigenvalue weighted by molar-refractivity contribution is -0.192. The van der Waals surface area contributed by atoms with Crippen molar-refractivity contribution in [3.63, 3.8) is 0 Å². The Kier molecular flexibility index (Phi) is 14.7. The molecule has 2 saturated heterocycles. The first-order valence-electron chi connectivity index (χ1n) is 16.8. The Morgan fingerprint density at radius 1 is 1.00 bits per heavy atom. The van der Waals surface area contributed by atoms with Crippen molar-refractivity contribution in [2.75, 3.05) is 33.0 Å². The summed E-state index contributed by atoms with van der Waals surface area (Å²) in [5.41, 5.74) is 1.42. The zero-order valence-electron chi connectivity index (χ0n) is 25.5. The van der Waals surface area contributed by atoms with Crippen molar-refractivity contribution in [2.24, 2.45) is 23.7 Å². The summed E-state index contributed by atoms with van der Waals surface area (Å²) < 4.78 is 29.1. The summed E-state index contributed by atoms with van der Waals surface area (Å²) >= 11 is 0. The minimum absolute atomic E-state index is 0.0289. The first-order valence-corrected chi connectivity index (χ1v) is 16.8. The number of aliphatic hydroxyl groups is 1. The van der Waals surface area contributed by atoms with E-state index in [1.165, 1.54) is 44.6 Å². The fraction of sp³-hybridized carbons (Fsp3) is 0.853. The molecule has 0 aromatic heterocycles. The van der Waals surface area contributed by atoms with E-state index >= 15 is 0 Å². The molecule has 7 atom stereocenters. The van der Waals surface area contributed by atoms with Crippen LogP contribution in [0.15, 0.2) is 23.8 Å². The van der Waals surface area contributed by atoms with Gasteiger partial charge in [-0.15, -0.1) is 0 Å². The maximum Gasteiger partial charge on any atom is 0.302 e. The highest BCUT2D eigenvalue weighted by Gasteiger charge is 2.46. The highest BCUT2D eigenvalue weighted by molar-refractivity contribution is 5.65. The van der Waals surface area contributed by atoms with Crippen LogP contribution in [-0.2, 0) is 28.5 Å². The summed E-state index contributed by atoms with van der Waals surface area (Å²) in [6.07, 6.45) is 24.9. The molecule has 5 unspecified atom stereocenters. The highest BCUT2D eigenvalue weighted by Crippen LogP contribution is 2.50.